The van der Waals surface area contributed by atoms with Gasteiger partial charge in [0.15, 0.2) is 0 Å². The summed E-state index contributed by atoms with van der Waals surface area (Å²) in [6.07, 6.45) is 0. The Morgan fingerprint density at radius 2 is 1.84 bits per heavy atom. The van der Waals surface area contributed by atoms with Crippen LogP contribution in [0.15, 0.2) is 21.6 Å². The van der Waals surface area contributed by atoms with Crippen molar-refractivity contribution >= 4 is 21.7 Å². The van der Waals surface area contributed by atoms with Crippen LogP contribution in [0.4, 0.5) is 0 Å². The van der Waals surface area contributed by atoms with E-state index < -0.39 is 38.3 Å². The summed E-state index contributed by atoms with van der Waals surface area (Å²) in [5.74, 6) is -3.12. The van der Waals surface area contributed by atoms with E-state index in [4.69, 9.17) is 9.52 Å². The summed E-state index contributed by atoms with van der Waals surface area (Å²) in [7, 11) is -3.96. The van der Waals surface area contributed by atoms with Crippen LogP contribution >= 0.6 is 0 Å². The van der Waals surface area contributed by atoms with Gasteiger partial charge < -0.3 is 14.4 Å². The van der Waals surface area contributed by atoms with Crippen LogP contribution in [0.25, 0.3) is 0 Å². The Bertz CT molecular complexity index is 570. The fourth-order valence-corrected chi connectivity index (χ4v) is 2.65. The van der Waals surface area contributed by atoms with Crippen molar-refractivity contribution in [1.29, 1.82) is 0 Å². The molecule has 0 saturated heterocycles. The Balaban J connectivity index is 2.92. The van der Waals surface area contributed by atoms with Gasteiger partial charge in [0, 0.05) is 13.1 Å². The number of sulfone groups is 1. The molecular formula is C11H15NO6S. The zero-order chi connectivity index (χ0) is 14.6. The number of aromatic carboxylic acids is 1. The van der Waals surface area contributed by atoms with Crippen LogP contribution in [-0.2, 0) is 14.6 Å². The molecule has 1 aromatic heterocycles. The summed E-state index contributed by atoms with van der Waals surface area (Å²) in [6, 6.07) is 2.07. The molecule has 1 rings (SSSR count). The minimum absolute atomic E-state index is 0.406. The van der Waals surface area contributed by atoms with Crippen LogP contribution in [-0.4, -0.2) is 49.1 Å². The lowest BCUT2D eigenvalue weighted by Gasteiger charge is -2.17. The monoisotopic (exact) mass is 289 g/mol. The average molecular weight is 289 g/mol. The van der Waals surface area contributed by atoms with Crippen molar-refractivity contribution in [2.45, 2.75) is 18.9 Å². The minimum Gasteiger partial charge on any atom is -0.475 e. The molecule has 19 heavy (non-hydrogen) atoms. The second kappa shape index (κ2) is 5.87. The van der Waals surface area contributed by atoms with Gasteiger partial charge in [0.25, 0.3) is 0 Å². The van der Waals surface area contributed by atoms with E-state index in [1.165, 1.54) is 4.90 Å². The van der Waals surface area contributed by atoms with E-state index in [2.05, 4.69) is 0 Å². The molecule has 0 aromatic carbocycles. The van der Waals surface area contributed by atoms with Crippen molar-refractivity contribution in [3.05, 3.63) is 17.9 Å². The highest BCUT2D eigenvalue weighted by Crippen LogP contribution is 2.16. The smallest absolute Gasteiger partial charge is 0.371 e. The van der Waals surface area contributed by atoms with E-state index in [9.17, 15) is 18.0 Å². The molecule has 0 aliphatic carbocycles. The van der Waals surface area contributed by atoms with Gasteiger partial charge in [-0.2, -0.15) is 0 Å². The van der Waals surface area contributed by atoms with Crippen molar-refractivity contribution < 1.29 is 27.5 Å². The third-order valence-corrected chi connectivity index (χ3v) is 3.99. The number of hydrogen-bond donors (Lipinski definition) is 1. The lowest BCUT2D eigenvalue weighted by molar-refractivity contribution is -0.128. The van der Waals surface area contributed by atoms with Gasteiger partial charge in [0.2, 0.25) is 26.6 Å². The van der Waals surface area contributed by atoms with Gasteiger partial charge in [-0.3, -0.25) is 4.79 Å². The molecule has 0 fully saturated rings. The summed E-state index contributed by atoms with van der Waals surface area (Å²) in [5.41, 5.74) is 0. The molecule has 1 heterocycles. The first kappa shape index (κ1) is 15.2. The Labute approximate surface area is 110 Å². The first-order chi connectivity index (χ1) is 8.81. The van der Waals surface area contributed by atoms with Crippen LogP contribution in [0.2, 0.25) is 0 Å². The quantitative estimate of drug-likeness (QED) is 0.823. The third-order valence-electron chi connectivity index (χ3n) is 2.53. The fourth-order valence-electron chi connectivity index (χ4n) is 1.50. The number of carboxylic acid groups (broad SMARTS) is 1. The predicted molar refractivity (Wildman–Crippen MR) is 65.6 cm³/mol. The third kappa shape index (κ3) is 3.57. The normalized spacial score (nSPS) is 11.3. The summed E-state index contributed by atoms with van der Waals surface area (Å²) in [5, 5.41) is 8.14. The molecule has 1 N–H and O–H groups in total. The SMILES string of the molecule is CCN(CC)C(=O)CS(=O)(=O)c1ccc(C(=O)O)o1. The molecule has 0 saturated carbocycles. The van der Waals surface area contributed by atoms with Gasteiger partial charge in [0.1, 0.15) is 5.75 Å². The lowest BCUT2D eigenvalue weighted by atomic mass is 10.5. The fraction of sp³-hybridized carbons (Fsp3) is 0.455. The predicted octanol–water partition coefficient (Wildman–Crippen LogP) is 0.620. The van der Waals surface area contributed by atoms with E-state index in [0.717, 1.165) is 12.1 Å². The van der Waals surface area contributed by atoms with Gasteiger partial charge >= 0.3 is 5.97 Å². The summed E-state index contributed by atoms with van der Waals surface area (Å²) in [6.45, 7) is 4.29. The summed E-state index contributed by atoms with van der Waals surface area (Å²) < 4.78 is 28.5. The largest absolute Gasteiger partial charge is 0.475 e. The molecule has 8 heteroatoms. The second-order valence-corrected chi connectivity index (χ2v) is 5.67. The zero-order valence-corrected chi connectivity index (χ0v) is 11.4. The standard InChI is InChI=1S/C11H15NO6S/c1-3-12(4-2)9(13)7-19(16,17)10-6-5-8(18-10)11(14)15/h5-6H,3-4,7H2,1-2H3,(H,14,15). The van der Waals surface area contributed by atoms with Crippen molar-refractivity contribution in [3.63, 3.8) is 0 Å². The number of amides is 1. The maximum absolute atomic E-state index is 11.9. The van der Waals surface area contributed by atoms with Gasteiger partial charge in [-0.25, -0.2) is 13.2 Å². The lowest BCUT2D eigenvalue weighted by Crippen LogP contribution is -2.35. The Morgan fingerprint density at radius 1 is 1.26 bits per heavy atom. The first-order valence-corrected chi connectivity index (χ1v) is 7.30. The van der Waals surface area contributed by atoms with Crippen molar-refractivity contribution in [2.24, 2.45) is 0 Å². The average Bonchev–Trinajstić information content (AvgIpc) is 2.79. The van der Waals surface area contributed by atoms with Crippen LogP contribution < -0.4 is 0 Å². The van der Waals surface area contributed by atoms with E-state index >= 15 is 0 Å². The molecule has 0 spiro atoms. The molecule has 106 valence electrons. The first-order valence-electron chi connectivity index (χ1n) is 5.65. The molecule has 0 atom stereocenters. The Morgan fingerprint density at radius 3 is 2.26 bits per heavy atom. The number of hydrogen-bond acceptors (Lipinski definition) is 5. The number of nitrogens with zero attached hydrogens (tertiary/aromatic N) is 1. The van der Waals surface area contributed by atoms with Crippen molar-refractivity contribution in [2.75, 3.05) is 18.8 Å². The van der Waals surface area contributed by atoms with E-state index in [-0.39, 0.29) is 0 Å². The Kier molecular flexibility index (Phi) is 4.71. The molecule has 7 nitrogen and oxygen atoms in total. The number of rotatable bonds is 6. The van der Waals surface area contributed by atoms with Crippen LogP contribution in [0.3, 0.4) is 0 Å². The van der Waals surface area contributed by atoms with Crippen LogP contribution in [0.5, 0.6) is 0 Å². The molecule has 0 bridgehead atoms. The second-order valence-electron chi connectivity index (χ2n) is 3.75. The maximum Gasteiger partial charge on any atom is 0.371 e. The number of carboxylic acids is 1. The van der Waals surface area contributed by atoms with Crippen molar-refractivity contribution in [3.8, 4) is 0 Å². The van der Waals surface area contributed by atoms with Gasteiger partial charge in [0.05, 0.1) is 0 Å². The Hall–Kier alpha value is -1.83. The topological polar surface area (TPSA) is 105 Å². The molecule has 1 aromatic rings. The molecule has 0 aliphatic rings. The number of carbonyl (C=O) groups excluding carboxylic acids is 1. The van der Waals surface area contributed by atoms with Gasteiger partial charge in [-0.05, 0) is 26.0 Å². The molecule has 0 unspecified atom stereocenters. The van der Waals surface area contributed by atoms with Gasteiger partial charge in [-0.1, -0.05) is 0 Å². The van der Waals surface area contributed by atoms with Crippen LogP contribution in [0, 0.1) is 0 Å². The molecule has 0 aliphatic heterocycles. The molecule has 1 amide bonds. The highest BCUT2D eigenvalue weighted by molar-refractivity contribution is 7.92. The summed E-state index contributed by atoms with van der Waals surface area (Å²) >= 11 is 0. The molecular weight excluding hydrogens is 274 g/mol. The minimum atomic E-state index is -3.96. The number of furan rings is 1. The van der Waals surface area contributed by atoms with E-state index in [0.29, 0.717) is 13.1 Å². The molecule has 0 radical (unpaired) electrons. The maximum atomic E-state index is 11.9. The number of carbonyl (C=O) groups is 2. The highest BCUT2D eigenvalue weighted by Gasteiger charge is 2.26. The van der Waals surface area contributed by atoms with E-state index in [1.54, 1.807) is 13.8 Å². The van der Waals surface area contributed by atoms with Crippen LogP contribution in [0.1, 0.15) is 24.4 Å². The zero-order valence-electron chi connectivity index (χ0n) is 10.6. The van der Waals surface area contributed by atoms with Crippen molar-refractivity contribution in [1.82, 2.24) is 4.90 Å². The highest BCUT2D eigenvalue weighted by atomic mass is 32.2. The summed E-state index contributed by atoms with van der Waals surface area (Å²) in [4.78, 5) is 23.7. The van der Waals surface area contributed by atoms with E-state index in [1.807, 2.05) is 0 Å². The van der Waals surface area contributed by atoms with Gasteiger partial charge in [-0.15, -0.1) is 0 Å².